The zero-order valence-electron chi connectivity index (χ0n) is 11.2. The maximum absolute atomic E-state index is 2.31. The summed E-state index contributed by atoms with van der Waals surface area (Å²) in [4.78, 5) is 0. The summed E-state index contributed by atoms with van der Waals surface area (Å²) in [6.07, 6.45) is 3.41. The van der Waals surface area contributed by atoms with Crippen molar-refractivity contribution in [2.45, 2.75) is 27.2 Å². The molecule has 0 amide bonds. The fourth-order valence-corrected chi connectivity index (χ4v) is 2.83. The first-order chi connectivity index (χ1) is 8.66. The minimum absolute atomic E-state index is 1.10. The lowest BCUT2D eigenvalue weighted by Gasteiger charge is -2.13. The van der Waals surface area contributed by atoms with Gasteiger partial charge in [0.1, 0.15) is 0 Å². The molecule has 1 aliphatic carbocycles. The first-order valence-corrected chi connectivity index (χ1v) is 6.52. The Morgan fingerprint density at radius 1 is 0.833 bits per heavy atom. The highest BCUT2D eigenvalue weighted by Gasteiger charge is 2.15. The van der Waals surface area contributed by atoms with Gasteiger partial charge in [0.15, 0.2) is 0 Å². The average Bonchev–Trinajstić information content (AvgIpc) is 2.73. The molecule has 0 aliphatic heterocycles. The van der Waals surface area contributed by atoms with Crippen molar-refractivity contribution < 1.29 is 0 Å². The van der Waals surface area contributed by atoms with Crippen molar-refractivity contribution in [3.05, 3.63) is 64.2 Å². The Kier molecular flexibility index (Phi) is 2.59. The van der Waals surface area contributed by atoms with Gasteiger partial charge < -0.3 is 0 Å². The molecule has 0 spiro atoms. The molecule has 0 N–H and O–H groups in total. The second-order valence-corrected chi connectivity index (χ2v) is 5.29. The zero-order chi connectivity index (χ0) is 12.7. The number of benzene rings is 2. The molecular formula is C18H18. The van der Waals surface area contributed by atoms with Gasteiger partial charge in [-0.3, -0.25) is 0 Å². The van der Waals surface area contributed by atoms with Crippen LogP contribution in [0.4, 0.5) is 0 Å². The summed E-state index contributed by atoms with van der Waals surface area (Å²) < 4.78 is 0. The molecule has 2 aromatic rings. The Bertz CT molecular complexity index is 645. The first-order valence-electron chi connectivity index (χ1n) is 6.52. The van der Waals surface area contributed by atoms with Crippen LogP contribution in [0.15, 0.2) is 42.0 Å². The van der Waals surface area contributed by atoms with Gasteiger partial charge in [-0.2, -0.15) is 0 Å². The quantitative estimate of drug-likeness (QED) is 0.656. The van der Waals surface area contributed by atoms with Gasteiger partial charge in [-0.25, -0.2) is 0 Å². The molecule has 0 radical (unpaired) electrons. The fraction of sp³-hybridized carbons (Fsp3) is 0.222. The van der Waals surface area contributed by atoms with Crippen LogP contribution in [0.3, 0.4) is 0 Å². The van der Waals surface area contributed by atoms with Gasteiger partial charge in [-0.05, 0) is 60.6 Å². The molecule has 0 saturated heterocycles. The van der Waals surface area contributed by atoms with Gasteiger partial charge in [-0.15, -0.1) is 0 Å². The summed E-state index contributed by atoms with van der Waals surface area (Å²) >= 11 is 0. The van der Waals surface area contributed by atoms with E-state index >= 15 is 0 Å². The second-order valence-electron chi connectivity index (χ2n) is 5.29. The molecule has 0 heterocycles. The van der Waals surface area contributed by atoms with E-state index in [0.717, 1.165) is 6.42 Å². The number of aryl methyl sites for hydroxylation is 1. The van der Waals surface area contributed by atoms with Gasteiger partial charge in [0.2, 0.25) is 0 Å². The highest BCUT2D eigenvalue weighted by molar-refractivity contribution is 5.79. The predicted octanol–water partition coefficient (Wildman–Crippen LogP) is 4.93. The lowest BCUT2D eigenvalue weighted by atomic mass is 9.91. The molecule has 0 heteroatoms. The van der Waals surface area contributed by atoms with E-state index in [1.165, 1.54) is 39.0 Å². The van der Waals surface area contributed by atoms with E-state index in [0.29, 0.717) is 0 Å². The normalized spacial score (nSPS) is 13.4. The van der Waals surface area contributed by atoms with E-state index < -0.39 is 0 Å². The van der Waals surface area contributed by atoms with Crippen LogP contribution in [0.25, 0.3) is 17.2 Å². The van der Waals surface area contributed by atoms with E-state index in [9.17, 15) is 0 Å². The van der Waals surface area contributed by atoms with Crippen LogP contribution < -0.4 is 0 Å². The lowest BCUT2D eigenvalue weighted by Crippen LogP contribution is -1.93. The minimum atomic E-state index is 1.10. The average molecular weight is 234 g/mol. The van der Waals surface area contributed by atoms with Gasteiger partial charge in [0.05, 0.1) is 0 Å². The van der Waals surface area contributed by atoms with Crippen molar-refractivity contribution in [1.29, 1.82) is 0 Å². The number of fused-ring (bicyclic) bond motifs is 1. The predicted molar refractivity (Wildman–Crippen MR) is 78.7 cm³/mol. The van der Waals surface area contributed by atoms with E-state index in [1.54, 1.807) is 0 Å². The van der Waals surface area contributed by atoms with Crippen molar-refractivity contribution in [1.82, 2.24) is 0 Å². The number of allylic oxidation sites excluding steroid dienone is 1. The van der Waals surface area contributed by atoms with Crippen LogP contribution >= 0.6 is 0 Å². The van der Waals surface area contributed by atoms with Crippen molar-refractivity contribution >= 4 is 6.08 Å². The number of hydrogen-bond acceptors (Lipinski definition) is 0. The topological polar surface area (TPSA) is 0 Å². The Morgan fingerprint density at radius 3 is 2.39 bits per heavy atom. The number of hydrogen-bond donors (Lipinski definition) is 0. The molecule has 2 aromatic carbocycles. The third-order valence-corrected chi connectivity index (χ3v) is 3.96. The molecule has 18 heavy (non-hydrogen) atoms. The molecule has 0 fully saturated rings. The summed E-state index contributed by atoms with van der Waals surface area (Å²) in [6, 6.07) is 13.2. The first kappa shape index (κ1) is 11.3. The van der Waals surface area contributed by atoms with Crippen molar-refractivity contribution in [3.8, 4) is 11.1 Å². The monoisotopic (exact) mass is 234 g/mol. The van der Waals surface area contributed by atoms with Crippen molar-refractivity contribution in [2.75, 3.05) is 0 Å². The van der Waals surface area contributed by atoms with E-state index in [-0.39, 0.29) is 0 Å². The molecule has 0 unspecified atom stereocenters. The van der Waals surface area contributed by atoms with E-state index in [1.807, 2.05) is 0 Å². The van der Waals surface area contributed by atoms with Crippen molar-refractivity contribution in [3.63, 3.8) is 0 Å². The fourth-order valence-electron chi connectivity index (χ4n) is 2.83. The Labute approximate surface area is 109 Å². The molecule has 0 saturated carbocycles. The highest BCUT2D eigenvalue weighted by Crippen LogP contribution is 2.35. The molecular weight excluding hydrogens is 216 g/mol. The van der Waals surface area contributed by atoms with Crippen LogP contribution in [-0.4, -0.2) is 0 Å². The van der Waals surface area contributed by atoms with Crippen LogP contribution in [0.2, 0.25) is 0 Å². The van der Waals surface area contributed by atoms with E-state index in [2.05, 4.69) is 63.2 Å². The third kappa shape index (κ3) is 1.69. The van der Waals surface area contributed by atoms with Gasteiger partial charge in [0, 0.05) is 0 Å². The van der Waals surface area contributed by atoms with E-state index in [4.69, 9.17) is 0 Å². The second kappa shape index (κ2) is 4.13. The van der Waals surface area contributed by atoms with Gasteiger partial charge in [0.25, 0.3) is 0 Å². The SMILES string of the molecule is CC1=Cc2cccc(-c3cccc(C)c3C)c2C1. The third-order valence-electron chi connectivity index (χ3n) is 3.96. The van der Waals surface area contributed by atoms with Crippen LogP contribution in [0.1, 0.15) is 29.2 Å². The molecule has 0 nitrogen and oxygen atoms in total. The highest BCUT2D eigenvalue weighted by atomic mass is 14.2. The number of rotatable bonds is 1. The maximum Gasteiger partial charge on any atom is -0.00544 e. The summed E-state index contributed by atoms with van der Waals surface area (Å²) in [6.45, 7) is 6.62. The lowest BCUT2D eigenvalue weighted by molar-refractivity contribution is 1.19. The maximum atomic E-state index is 2.31. The van der Waals surface area contributed by atoms with Gasteiger partial charge in [-0.1, -0.05) is 48.0 Å². The Balaban J connectivity index is 2.21. The molecule has 0 aromatic heterocycles. The molecule has 1 aliphatic rings. The van der Waals surface area contributed by atoms with Gasteiger partial charge >= 0.3 is 0 Å². The molecule has 90 valence electrons. The standard InChI is InChI=1S/C18H18/c1-12-10-15-7-5-9-17(18(15)11-12)16-8-4-6-13(2)14(16)3/h4-10H,11H2,1-3H3. The Hall–Kier alpha value is -1.82. The Morgan fingerprint density at radius 2 is 1.56 bits per heavy atom. The largest absolute Gasteiger partial charge is 0.0683 e. The molecule has 0 atom stereocenters. The smallest absolute Gasteiger partial charge is 0.00544 e. The van der Waals surface area contributed by atoms with Crippen molar-refractivity contribution in [2.24, 2.45) is 0 Å². The summed E-state index contributed by atoms with van der Waals surface area (Å²) in [5.74, 6) is 0. The molecule has 3 rings (SSSR count). The summed E-state index contributed by atoms with van der Waals surface area (Å²) in [7, 11) is 0. The van der Waals surface area contributed by atoms with Crippen LogP contribution in [0.5, 0.6) is 0 Å². The minimum Gasteiger partial charge on any atom is -0.0683 e. The summed E-state index contributed by atoms with van der Waals surface area (Å²) in [5.41, 5.74) is 9.90. The molecule has 0 bridgehead atoms. The zero-order valence-corrected chi connectivity index (χ0v) is 11.2. The van der Waals surface area contributed by atoms with Crippen LogP contribution in [-0.2, 0) is 6.42 Å². The van der Waals surface area contributed by atoms with Crippen LogP contribution in [0, 0.1) is 13.8 Å². The summed E-state index contributed by atoms with van der Waals surface area (Å²) in [5, 5.41) is 0.